The van der Waals surface area contributed by atoms with Crippen molar-refractivity contribution in [3.8, 4) is 21.7 Å². The second-order valence-electron chi connectivity index (χ2n) is 15.4. The number of imidazole rings is 1. The van der Waals surface area contributed by atoms with Crippen LogP contribution in [0.2, 0.25) is 0 Å². The van der Waals surface area contributed by atoms with E-state index in [2.05, 4.69) is 65.5 Å². The van der Waals surface area contributed by atoms with Gasteiger partial charge in [0, 0.05) is 22.8 Å². The SMILES string of the molecule is C[C@H]1C[C@@H](C2=NCC(c3ccc(-c4ccc(-c5cnc([C@@H]6C[C@H](C)CN6C(=O)OC(C)(C)C)[nH]5)cc4)s3)N2)N(C(=O)OC(C)(C)C)C1. The molecule has 10 nitrogen and oxygen atoms in total. The van der Waals surface area contributed by atoms with Crippen molar-refractivity contribution in [2.75, 3.05) is 19.6 Å². The summed E-state index contributed by atoms with van der Waals surface area (Å²) < 4.78 is 11.4. The van der Waals surface area contributed by atoms with Crippen molar-refractivity contribution in [2.24, 2.45) is 16.8 Å². The van der Waals surface area contributed by atoms with Gasteiger partial charge in [-0.3, -0.25) is 14.8 Å². The van der Waals surface area contributed by atoms with E-state index < -0.39 is 11.2 Å². The third-order valence-corrected chi connectivity index (χ3v) is 9.97. The molecular weight excluding hydrogens is 613 g/mol. The second kappa shape index (κ2) is 12.6. The van der Waals surface area contributed by atoms with Gasteiger partial charge in [0.25, 0.3) is 0 Å². The van der Waals surface area contributed by atoms with Gasteiger partial charge in [-0.25, -0.2) is 14.6 Å². The van der Waals surface area contributed by atoms with Crippen molar-refractivity contribution in [3.63, 3.8) is 0 Å². The summed E-state index contributed by atoms with van der Waals surface area (Å²) in [5.74, 6) is 2.42. The number of amidine groups is 1. The number of hydrogen-bond donors (Lipinski definition) is 2. The van der Waals surface area contributed by atoms with E-state index in [0.717, 1.165) is 41.3 Å². The number of rotatable bonds is 5. The summed E-state index contributed by atoms with van der Waals surface area (Å²) in [6, 6.07) is 12.7. The summed E-state index contributed by atoms with van der Waals surface area (Å²) >= 11 is 1.76. The Kier molecular flexibility index (Phi) is 8.88. The smallest absolute Gasteiger partial charge is 0.410 e. The van der Waals surface area contributed by atoms with E-state index in [1.165, 1.54) is 9.75 Å². The molecule has 252 valence electrons. The zero-order chi connectivity index (χ0) is 33.7. The second-order valence-corrected chi connectivity index (χ2v) is 16.5. The first-order valence-electron chi connectivity index (χ1n) is 16.7. The fourth-order valence-electron chi connectivity index (χ4n) is 6.64. The van der Waals surface area contributed by atoms with E-state index >= 15 is 0 Å². The van der Waals surface area contributed by atoms with Crippen LogP contribution in [0.25, 0.3) is 21.7 Å². The minimum atomic E-state index is -0.545. The number of hydrogen-bond acceptors (Lipinski definition) is 8. The van der Waals surface area contributed by atoms with Crippen LogP contribution in [0.1, 0.15) is 91.0 Å². The van der Waals surface area contributed by atoms with Crippen LogP contribution in [0, 0.1) is 11.8 Å². The van der Waals surface area contributed by atoms with E-state index in [9.17, 15) is 9.59 Å². The number of aromatic nitrogens is 2. The Bertz CT molecular complexity index is 1630. The summed E-state index contributed by atoms with van der Waals surface area (Å²) in [6.07, 6.45) is 3.00. The van der Waals surface area contributed by atoms with Crippen LogP contribution >= 0.6 is 11.3 Å². The Morgan fingerprint density at radius 1 is 0.830 bits per heavy atom. The van der Waals surface area contributed by atoms with E-state index in [1.807, 2.05) is 52.6 Å². The summed E-state index contributed by atoms with van der Waals surface area (Å²) in [5, 5.41) is 3.63. The van der Waals surface area contributed by atoms with Crippen molar-refractivity contribution < 1.29 is 19.1 Å². The normalized spacial score (nSPS) is 24.8. The molecule has 1 unspecified atom stereocenters. The van der Waals surface area contributed by atoms with Gasteiger partial charge >= 0.3 is 12.2 Å². The highest BCUT2D eigenvalue weighted by atomic mass is 32.1. The Morgan fingerprint density at radius 3 is 2.02 bits per heavy atom. The van der Waals surface area contributed by atoms with Crippen LogP contribution in [0.5, 0.6) is 0 Å². The maximum absolute atomic E-state index is 13.0. The van der Waals surface area contributed by atoms with Gasteiger partial charge in [-0.15, -0.1) is 11.3 Å². The lowest BCUT2D eigenvalue weighted by Gasteiger charge is -2.29. The van der Waals surface area contributed by atoms with Gasteiger partial charge in [0.05, 0.1) is 36.6 Å². The van der Waals surface area contributed by atoms with Gasteiger partial charge in [-0.05, 0) is 89.5 Å². The van der Waals surface area contributed by atoms with Crippen molar-refractivity contribution in [3.05, 3.63) is 53.3 Å². The average Bonchev–Trinajstić information content (AvgIpc) is 3.80. The number of H-pyrrole nitrogens is 1. The third-order valence-electron chi connectivity index (χ3n) is 8.72. The molecule has 2 N–H and O–H groups in total. The Labute approximate surface area is 282 Å². The first-order chi connectivity index (χ1) is 22.1. The highest BCUT2D eigenvalue weighted by Gasteiger charge is 2.41. The predicted octanol–water partition coefficient (Wildman–Crippen LogP) is 7.81. The molecule has 6 rings (SSSR count). The Hall–Kier alpha value is -3.86. The number of benzene rings is 1. The molecule has 5 atom stereocenters. The van der Waals surface area contributed by atoms with Gasteiger partial charge in [0.15, 0.2) is 0 Å². The number of ether oxygens (including phenoxy) is 2. The molecule has 2 saturated heterocycles. The lowest BCUT2D eigenvalue weighted by Crippen LogP contribution is -2.46. The quantitative estimate of drug-likeness (QED) is 0.289. The first-order valence-corrected chi connectivity index (χ1v) is 17.5. The molecule has 0 spiro atoms. The topological polar surface area (TPSA) is 112 Å². The summed E-state index contributed by atoms with van der Waals surface area (Å²) in [5.41, 5.74) is 2.02. The molecule has 0 aliphatic carbocycles. The lowest BCUT2D eigenvalue weighted by atomic mass is 10.1. The number of carbonyl (C=O) groups is 2. The Balaban J connectivity index is 1.09. The van der Waals surface area contributed by atoms with Crippen molar-refractivity contribution in [1.29, 1.82) is 0 Å². The van der Waals surface area contributed by atoms with Gasteiger partial charge in [0.2, 0.25) is 0 Å². The number of aliphatic imine (C=N–C) groups is 1. The molecule has 0 bridgehead atoms. The lowest BCUT2D eigenvalue weighted by molar-refractivity contribution is 0.0212. The molecule has 1 aromatic carbocycles. The van der Waals surface area contributed by atoms with Crippen molar-refractivity contribution >= 4 is 29.4 Å². The molecule has 11 heteroatoms. The molecular formula is C36H48N6O4S. The largest absolute Gasteiger partial charge is 0.444 e. The number of likely N-dealkylation sites (tertiary alicyclic amines) is 2. The fraction of sp³-hybridized carbons (Fsp3) is 0.556. The fourth-order valence-corrected chi connectivity index (χ4v) is 7.69. The molecule has 3 aromatic rings. The zero-order valence-corrected chi connectivity index (χ0v) is 29.6. The molecule has 3 aliphatic rings. The number of nitrogens with zero attached hydrogens (tertiary/aromatic N) is 4. The van der Waals surface area contributed by atoms with Gasteiger partial charge in [-0.1, -0.05) is 38.1 Å². The monoisotopic (exact) mass is 660 g/mol. The number of amides is 2. The predicted molar refractivity (Wildman–Crippen MR) is 185 cm³/mol. The van der Waals surface area contributed by atoms with Gasteiger partial charge in [-0.2, -0.15) is 0 Å². The molecule has 47 heavy (non-hydrogen) atoms. The van der Waals surface area contributed by atoms with Gasteiger partial charge in [0.1, 0.15) is 22.9 Å². The number of nitrogens with one attached hydrogen (secondary N) is 2. The van der Waals surface area contributed by atoms with E-state index in [0.29, 0.717) is 31.5 Å². The third kappa shape index (κ3) is 7.50. The first kappa shape index (κ1) is 33.1. The van der Waals surface area contributed by atoms with Crippen molar-refractivity contribution in [1.82, 2.24) is 25.1 Å². The molecule has 0 radical (unpaired) electrons. The summed E-state index contributed by atoms with van der Waals surface area (Å²) in [7, 11) is 0. The minimum Gasteiger partial charge on any atom is -0.444 e. The molecule has 2 aromatic heterocycles. The van der Waals surface area contributed by atoms with Gasteiger partial charge < -0.3 is 19.8 Å². The number of thiophene rings is 1. The van der Waals surface area contributed by atoms with Crippen molar-refractivity contribution in [2.45, 2.75) is 97.6 Å². The molecule has 0 saturated carbocycles. The molecule has 2 fully saturated rings. The Morgan fingerprint density at radius 2 is 1.40 bits per heavy atom. The minimum absolute atomic E-state index is 0.0846. The van der Waals surface area contributed by atoms with Crippen LogP contribution in [0.4, 0.5) is 9.59 Å². The van der Waals surface area contributed by atoms with E-state index in [1.54, 1.807) is 16.2 Å². The molecule has 5 heterocycles. The molecule has 2 amide bonds. The average molecular weight is 661 g/mol. The van der Waals surface area contributed by atoms with Crippen LogP contribution in [0.15, 0.2) is 47.6 Å². The van der Waals surface area contributed by atoms with E-state index in [4.69, 9.17) is 14.5 Å². The summed E-state index contributed by atoms with van der Waals surface area (Å²) in [4.78, 5) is 44.9. The highest BCUT2D eigenvalue weighted by molar-refractivity contribution is 7.15. The zero-order valence-electron chi connectivity index (χ0n) is 28.8. The maximum atomic E-state index is 13.0. The maximum Gasteiger partial charge on any atom is 0.410 e. The van der Waals surface area contributed by atoms with Crippen LogP contribution < -0.4 is 5.32 Å². The number of carbonyl (C=O) groups excluding carboxylic acids is 2. The standard InChI is InChI=1S/C36H48N6O4S/c1-21-15-27(41(19-21)33(43)45-35(3,4)5)31-37-17-25(39-31)23-9-11-24(12-10-23)29-13-14-30(47-29)26-18-38-32(40-26)28-16-22(2)20-42(28)34(44)46-36(6,7)8/h9-14,17,21-22,26-28H,15-16,18-20H2,1-8H3,(H,37,39)(H,38,40)/t21-,22-,26?,27-,28-/m0/s1. The van der Waals surface area contributed by atoms with Crippen LogP contribution in [-0.4, -0.2) is 74.7 Å². The molecule has 3 aliphatic heterocycles. The van der Waals surface area contributed by atoms with E-state index in [-0.39, 0.29) is 30.3 Å². The van der Waals surface area contributed by atoms with Crippen LogP contribution in [-0.2, 0) is 9.47 Å². The summed E-state index contributed by atoms with van der Waals surface area (Å²) in [6.45, 7) is 17.7. The highest BCUT2D eigenvalue weighted by Crippen LogP contribution is 2.37. The number of aromatic amines is 1. The van der Waals surface area contributed by atoms with Crippen LogP contribution in [0.3, 0.4) is 0 Å².